The van der Waals surface area contributed by atoms with Gasteiger partial charge in [0, 0.05) is 18.0 Å². The van der Waals surface area contributed by atoms with E-state index in [0.29, 0.717) is 10.6 Å². The van der Waals surface area contributed by atoms with E-state index in [-0.39, 0.29) is 15.8 Å². The van der Waals surface area contributed by atoms with Gasteiger partial charge in [-0.1, -0.05) is 40.9 Å². The number of carbonyl (C=O) groups is 1. The molecule has 5 heteroatoms. The molecule has 0 bridgehead atoms. The van der Waals surface area contributed by atoms with Gasteiger partial charge in [-0.25, -0.2) is 0 Å². The quantitative estimate of drug-likeness (QED) is 0.456. The Hall–Kier alpha value is -1.35. The first-order valence-corrected chi connectivity index (χ1v) is 6.49. The third-order valence-electron chi connectivity index (χ3n) is 2.41. The molecule has 19 heavy (non-hydrogen) atoms. The van der Waals surface area contributed by atoms with Crippen molar-refractivity contribution in [3.8, 4) is 0 Å². The number of carbonyl (C=O) groups excluding carboxylic acids is 1. The van der Waals surface area contributed by atoms with Gasteiger partial charge in [-0.3, -0.25) is 9.78 Å². The first-order chi connectivity index (χ1) is 9.09. The minimum absolute atomic E-state index is 0.162. The van der Waals surface area contributed by atoms with Gasteiger partial charge < -0.3 is 0 Å². The molecule has 96 valence electrons. The minimum atomic E-state index is -0.243. The summed E-state index contributed by atoms with van der Waals surface area (Å²) in [5.41, 5.74) is 1.14. The summed E-state index contributed by atoms with van der Waals surface area (Å²) in [6.07, 6.45) is 6.39. The van der Waals surface area contributed by atoms with Gasteiger partial charge in [-0.15, -0.1) is 0 Å². The molecule has 2 aromatic rings. The fraction of sp³-hybridized carbons (Fsp3) is 0. The van der Waals surface area contributed by atoms with Crippen LogP contribution in [0.15, 0.2) is 42.7 Å². The van der Waals surface area contributed by atoms with E-state index in [1.54, 1.807) is 36.7 Å². The molecular weight excluding hydrogens is 305 g/mol. The molecule has 0 radical (unpaired) electrons. The van der Waals surface area contributed by atoms with Crippen LogP contribution in [-0.2, 0) is 0 Å². The highest BCUT2D eigenvalue weighted by Gasteiger charge is 2.12. The van der Waals surface area contributed by atoms with Gasteiger partial charge in [0.1, 0.15) is 0 Å². The predicted octanol–water partition coefficient (Wildman–Crippen LogP) is 4.94. The van der Waals surface area contributed by atoms with Crippen molar-refractivity contribution in [3.63, 3.8) is 0 Å². The molecule has 0 saturated heterocycles. The zero-order valence-electron chi connectivity index (χ0n) is 9.61. The van der Waals surface area contributed by atoms with E-state index in [9.17, 15) is 4.79 Å². The third-order valence-corrected chi connectivity index (χ3v) is 3.71. The Bertz CT molecular complexity index is 639. The Labute approximate surface area is 125 Å². The monoisotopic (exact) mass is 311 g/mol. The summed E-state index contributed by atoms with van der Waals surface area (Å²) in [7, 11) is 0. The first-order valence-electron chi connectivity index (χ1n) is 5.35. The maximum Gasteiger partial charge on any atom is 0.187 e. The van der Waals surface area contributed by atoms with Gasteiger partial charge in [0.25, 0.3) is 0 Å². The summed E-state index contributed by atoms with van der Waals surface area (Å²) in [6, 6.07) is 6.72. The van der Waals surface area contributed by atoms with E-state index in [0.717, 1.165) is 5.56 Å². The topological polar surface area (TPSA) is 30.0 Å². The smallest absolute Gasteiger partial charge is 0.187 e. The van der Waals surface area contributed by atoms with Crippen molar-refractivity contribution in [1.82, 2.24) is 4.98 Å². The van der Waals surface area contributed by atoms with Crippen molar-refractivity contribution in [3.05, 3.63) is 68.9 Å². The normalized spacial score (nSPS) is 10.9. The fourth-order valence-corrected chi connectivity index (χ4v) is 2.08. The lowest BCUT2D eigenvalue weighted by molar-refractivity contribution is 0.104. The fourth-order valence-electron chi connectivity index (χ4n) is 1.45. The number of allylic oxidation sites excluding steroid dienone is 1. The van der Waals surface area contributed by atoms with E-state index in [4.69, 9.17) is 34.8 Å². The number of hydrogen-bond donors (Lipinski definition) is 0. The summed E-state index contributed by atoms with van der Waals surface area (Å²) in [4.78, 5) is 16.0. The number of aromatic nitrogens is 1. The lowest BCUT2D eigenvalue weighted by Crippen LogP contribution is -1.96. The van der Waals surface area contributed by atoms with Crippen LogP contribution in [0.3, 0.4) is 0 Å². The zero-order chi connectivity index (χ0) is 13.8. The molecule has 0 aliphatic carbocycles. The van der Waals surface area contributed by atoms with Crippen molar-refractivity contribution < 1.29 is 4.79 Å². The molecule has 0 aliphatic rings. The Kier molecular flexibility index (Phi) is 4.59. The average Bonchev–Trinajstić information content (AvgIpc) is 2.43. The van der Waals surface area contributed by atoms with Crippen LogP contribution < -0.4 is 0 Å². The molecule has 1 aromatic carbocycles. The maximum absolute atomic E-state index is 12.0. The highest BCUT2D eigenvalue weighted by molar-refractivity contribution is 6.49. The molecule has 0 spiro atoms. The third kappa shape index (κ3) is 3.35. The first kappa shape index (κ1) is 14.1. The number of halogens is 3. The second-order valence-electron chi connectivity index (χ2n) is 3.71. The van der Waals surface area contributed by atoms with Crippen molar-refractivity contribution in [2.75, 3.05) is 0 Å². The van der Waals surface area contributed by atoms with Crippen molar-refractivity contribution >= 4 is 46.7 Å². The molecule has 0 fully saturated rings. The van der Waals surface area contributed by atoms with E-state index in [1.165, 1.54) is 6.08 Å². The summed E-state index contributed by atoms with van der Waals surface area (Å²) < 4.78 is 0. The van der Waals surface area contributed by atoms with Crippen molar-refractivity contribution in [1.29, 1.82) is 0 Å². The van der Waals surface area contributed by atoms with E-state index < -0.39 is 0 Å². The highest BCUT2D eigenvalue weighted by Crippen LogP contribution is 2.32. The van der Waals surface area contributed by atoms with Gasteiger partial charge in [0.05, 0.1) is 15.1 Å². The maximum atomic E-state index is 12.0. The molecule has 1 heterocycles. The summed E-state index contributed by atoms with van der Waals surface area (Å²) in [5, 5.41) is 0.665. The zero-order valence-corrected chi connectivity index (χ0v) is 11.9. The molecule has 0 N–H and O–H groups in total. The SMILES string of the molecule is O=C(/C=C/c1cccnc1)c1ccc(Cl)c(Cl)c1Cl. The van der Waals surface area contributed by atoms with Gasteiger partial charge >= 0.3 is 0 Å². The largest absolute Gasteiger partial charge is 0.289 e. The van der Waals surface area contributed by atoms with Crippen LogP contribution in [0.4, 0.5) is 0 Å². The summed E-state index contributed by atoms with van der Waals surface area (Å²) >= 11 is 17.7. The van der Waals surface area contributed by atoms with Gasteiger partial charge in [0.2, 0.25) is 0 Å². The predicted molar refractivity (Wildman–Crippen MR) is 79.1 cm³/mol. The summed E-state index contributed by atoms with van der Waals surface area (Å²) in [6.45, 7) is 0. The number of benzene rings is 1. The molecule has 2 nitrogen and oxygen atoms in total. The number of hydrogen-bond acceptors (Lipinski definition) is 2. The van der Waals surface area contributed by atoms with Gasteiger partial charge in [-0.05, 0) is 35.9 Å². The van der Waals surface area contributed by atoms with Crippen LogP contribution in [0.1, 0.15) is 15.9 Å². The van der Waals surface area contributed by atoms with Gasteiger partial charge in [0.15, 0.2) is 5.78 Å². The van der Waals surface area contributed by atoms with E-state index in [1.807, 2.05) is 6.07 Å². The molecule has 0 saturated carbocycles. The summed E-state index contributed by atoms with van der Waals surface area (Å²) in [5.74, 6) is -0.243. The van der Waals surface area contributed by atoms with Crippen molar-refractivity contribution in [2.45, 2.75) is 0 Å². The lowest BCUT2D eigenvalue weighted by atomic mass is 10.1. The second-order valence-corrected chi connectivity index (χ2v) is 4.87. The van der Waals surface area contributed by atoms with Crippen molar-refractivity contribution in [2.24, 2.45) is 0 Å². The minimum Gasteiger partial charge on any atom is -0.289 e. The van der Waals surface area contributed by atoms with Crippen LogP contribution in [0.2, 0.25) is 15.1 Å². The molecule has 0 amide bonds. The average molecular weight is 313 g/mol. The van der Waals surface area contributed by atoms with Gasteiger partial charge in [-0.2, -0.15) is 0 Å². The van der Waals surface area contributed by atoms with Crippen LogP contribution in [0.25, 0.3) is 6.08 Å². The Balaban J connectivity index is 2.26. The molecule has 0 aliphatic heterocycles. The van der Waals surface area contributed by atoms with Crippen LogP contribution in [0.5, 0.6) is 0 Å². The van der Waals surface area contributed by atoms with Crippen LogP contribution in [0, 0.1) is 0 Å². The molecule has 0 atom stereocenters. The number of ketones is 1. The Morgan fingerprint density at radius 3 is 2.58 bits per heavy atom. The standard InChI is InChI=1S/C14H8Cl3NO/c15-11-5-4-10(13(16)14(11)17)12(19)6-3-9-2-1-7-18-8-9/h1-8H/b6-3+. The second kappa shape index (κ2) is 6.20. The molecule has 0 unspecified atom stereocenters. The number of pyridine rings is 1. The van der Waals surface area contributed by atoms with E-state index >= 15 is 0 Å². The lowest BCUT2D eigenvalue weighted by Gasteiger charge is -2.03. The number of nitrogens with zero attached hydrogens (tertiary/aromatic N) is 1. The molecule has 2 rings (SSSR count). The van der Waals surface area contributed by atoms with Crippen LogP contribution in [-0.4, -0.2) is 10.8 Å². The molecule has 1 aromatic heterocycles. The highest BCUT2D eigenvalue weighted by atomic mass is 35.5. The Morgan fingerprint density at radius 1 is 1.11 bits per heavy atom. The molecular formula is C14H8Cl3NO. The Morgan fingerprint density at radius 2 is 1.89 bits per heavy atom. The van der Waals surface area contributed by atoms with Crippen LogP contribution >= 0.6 is 34.8 Å². The van der Waals surface area contributed by atoms with E-state index in [2.05, 4.69) is 4.98 Å². The number of rotatable bonds is 3.